The van der Waals surface area contributed by atoms with Gasteiger partial charge >= 0.3 is 114 Å². The van der Waals surface area contributed by atoms with Crippen molar-refractivity contribution >= 4 is 15.6 Å². The largest absolute Gasteiger partial charge is 0.0750 e. The average Bonchev–Trinajstić information content (AvgIpc) is 2.76. The Morgan fingerprint density at radius 2 is 1.60 bits per heavy atom. The predicted molar refractivity (Wildman–Crippen MR) is 88.5 cm³/mol. The maximum atomic E-state index is 2.34. The molecule has 0 N–H and O–H groups in total. The quantitative estimate of drug-likeness (QED) is 0.675. The monoisotopic (exact) mass is 313 g/mol. The maximum absolute atomic E-state index is 2.34. The van der Waals surface area contributed by atoms with Crippen molar-refractivity contribution in [3.63, 3.8) is 0 Å². The van der Waals surface area contributed by atoms with Crippen molar-refractivity contribution < 1.29 is 20.4 Å². The Kier molecular flexibility index (Phi) is 5.59. The minimum absolute atomic E-state index is 0.417. The van der Waals surface area contributed by atoms with Crippen LogP contribution in [0.3, 0.4) is 0 Å². The molecule has 20 heavy (non-hydrogen) atoms. The normalized spacial score (nSPS) is 15.9. The Morgan fingerprint density at radius 3 is 2.25 bits per heavy atom. The summed E-state index contributed by atoms with van der Waals surface area (Å²) in [4.78, 5) is 0. The van der Waals surface area contributed by atoms with Gasteiger partial charge in [-0.05, 0) is 0 Å². The molecule has 0 aromatic heterocycles. The standard InChI is InChI=1S/C16H13.C2H8Si.Ti/c1-12-10-14-8-5-9-15(16(14)11-12)13-6-3-2-4-7-13;1-3-2;/h2-11H,1H3;3H2,1-2H3;. The van der Waals surface area contributed by atoms with E-state index in [1.807, 2.05) is 0 Å². The third-order valence-electron chi connectivity index (χ3n) is 3.36. The van der Waals surface area contributed by atoms with Gasteiger partial charge in [0.25, 0.3) is 0 Å². The number of fused-ring (bicyclic) bond motifs is 1. The summed E-state index contributed by atoms with van der Waals surface area (Å²) in [6.07, 6.45) is 2.34. The summed E-state index contributed by atoms with van der Waals surface area (Å²) >= 11 is 2.28. The predicted octanol–water partition coefficient (Wildman–Crippen LogP) is 4.61. The molecule has 101 valence electrons. The van der Waals surface area contributed by atoms with Crippen LogP contribution in [-0.2, 0) is 20.4 Å². The molecule has 0 radical (unpaired) electrons. The molecule has 0 amide bonds. The van der Waals surface area contributed by atoms with Gasteiger partial charge in [-0.15, -0.1) is 0 Å². The van der Waals surface area contributed by atoms with Crippen LogP contribution in [0.25, 0.3) is 17.2 Å². The molecule has 1 aliphatic carbocycles. The molecule has 0 saturated heterocycles. The Labute approximate surface area is 136 Å². The molecule has 1 aliphatic rings. The van der Waals surface area contributed by atoms with Gasteiger partial charge in [-0.1, -0.05) is 13.1 Å². The van der Waals surface area contributed by atoms with Crippen LogP contribution in [0.15, 0.2) is 54.1 Å². The zero-order chi connectivity index (χ0) is 14.5. The van der Waals surface area contributed by atoms with E-state index in [0.29, 0.717) is 13.7 Å². The van der Waals surface area contributed by atoms with E-state index in [2.05, 4.69) is 95.1 Å². The molecule has 0 spiro atoms. The van der Waals surface area contributed by atoms with Gasteiger partial charge < -0.3 is 0 Å². The van der Waals surface area contributed by atoms with Gasteiger partial charge in [0.1, 0.15) is 0 Å². The third kappa shape index (κ3) is 3.22. The number of hydrogen-bond donors (Lipinski definition) is 0. The summed E-state index contributed by atoms with van der Waals surface area (Å²) in [6.45, 7) is 6.75. The fourth-order valence-electron chi connectivity index (χ4n) is 2.42. The zero-order valence-electron chi connectivity index (χ0n) is 12.5. The molecule has 0 heterocycles. The molecule has 2 aromatic rings. The third-order valence-corrected chi connectivity index (χ3v) is 4.56. The minimum Gasteiger partial charge on any atom is -0.0750 e. The topological polar surface area (TPSA) is 0 Å². The molecule has 2 aromatic carbocycles. The van der Waals surface area contributed by atoms with Crippen molar-refractivity contribution in [3.8, 4) is 11.1 Å². The molecular formula is C18H21SiTi. The number of allylic oxidation sites excluding steroid dienone is 1. The van der Waals surface area contributed by atoms with Crippen LogP contribution in [-0.4, -0.2) is 9.52 Å². The fourth-order valence-corrected chi connectivity index (χ4v) is 2.94. The molecule has 0 aliphatic heterocycles. The maximum Gasteiger partial charge on any atom is 0.0135 e. The molecule has 0 fully saturated rings. The van der Waals surface area contributed by atoms with E-state index in [9.17, 15) is 0 Å². The van der Waals surface area contributed by atoms with Crippen molar-refractivity contribution in [2.75, 3.05) is 0 Å². The van der Waals surface area contributed by atoms with Crippen LogP contribution in [0.2, 0.25) is 13.1 Å². The van der Waals surface area contributed by atoms with Crippen LogP contribution >= 0.6 is 0 Å². The summed E-state index contributed by atoms with van der Waals surface area (Å²) in [5.41, 5.74) is 6.99. The second kappa shape index (κ2) is 7.21. The molecule has 2 heteroatoms. The second-order valence-corrected chi connectivity index (χ2v) is 7.52. The molecule has 1 unspecified atom stereocenters. The van der Waals surface area contributed by atoms with Crippen molar-refractivity contribution in [2.24, 2.45) is 0 Å². The molecule has 0 nitrogen and oxygen atoms in total. The van der Waals surface area contributed by atoms with E-state index in [1.165, 1.54) is 27.8 Å². The summed E-state index contributed by atoms with van der Waals surface area (Å²) in [5.74, 6) is 0. The first-order chi connectivity index (χ1) is 9.69. The molecule has 3 rings (SSSR count). The summed E-state index contributed by atoms with van der Waals surface area (Å²) < 4.78 is 0.564. The van der Waals surface area contributed by atoms with E-state index >= 15 is 0 Å². The van der Waals surface area contributed by atoms with E-state index in [-0.39, 0.29) is 0 Å². The molecule has 0 saturated carbocycles. The van der Waals surface area contributed by atoms with Gasteiger partial charge in [-0.2, -0.15) is 0 Å². The van der Waals surface area contributed by atoms with Gasteiger partial charge in [0, 0.05) is 9.52 Å². The molecule has 1 atom stereocenters. The summed E-state index contributed by atoms with van der Waals surface area (Å²) in [7, 11) is 0.417. The summed E-state index contributed by atoms with van der Waals surface area (Å²) in [6, 6.07) is 17.3. The number of rotatable bonds is 1. The molecular weight excluding hydrogens is 292 g/mol. The van der Waals surface area contributed by atoms with Gasteiger partial charge in [0.15, 0.2) is 0 Å². The smallest absolute Gasteiger partial charge is 0.0135 e. The Hall–Kier alpha value is -0.889. The number of benzene rings is 2. The van der Waals surface area contributed by atoms with Crippen LogP contribution in [0.5, 0.6) is 0 Å². The van der Waals surface area contributed by atoms with Crippen molar-refractivity contribution in [3.05, 3.63) is 65.2 Å². The fraction of sp³-hybridized carbons (Fsp3) is 0.222. The van der Waals surface area contributed by atoms with Crippen LogP contribution in [0.4, 0.5) is 0 Å². The van der Waals surface area contributed by atoms with Crippen LogP contribution in [0.1, 0.15) is 22.3 Å². The van der Waals surface area contributed by atoms with Gasteiger partial charge in [0.2, 0.25) is 0 Å². The second-order valence-electron chi connectivity index (χ2n) is 5.20. The Balaban J connectivity index is 0.000000452. The van der Waals surface area contributed by atoms with E-state index in [1.54, 1.807) is 0 Å². The average molecular weight is 313 g/mol. The van der Waals surface area contributed by atoms with E-state index in [0.717, 1.165) is 0 Å². The first-order valence-corrected chi connectivity index (χ1v) is 11.0. The van der Waals surface area contributed by atoms with Crippen LogP contribution < -0.4 is 0 Å². The minimum atomic E-state index is 0.417. The van der Waals surface area contributed by atoms with Crippen LogP contribution in [0, 0.1) is 0 Å². The van der Waals surface area contributed by atoms with Crippen molar-refractivity contribution in [1.29, 1.82) is 0 Å². The van der Waals surface area contributed by atoms with Crippen molar-refractivity contribution in [1.82, 2.24) is 0 Å². The van der Waals surface area contributed by atoms with Gasteiger partial charge in [-0.25, -0.2) is 0 Å². The van der Waals surface area contributed by atoms with Crippen molar-refractivity contribution in [2.45, 2.75) is 24.2 Å². The summed E-state index contributed by atoms with van der Waals surface area (Å²) in [5, 5.41) is 0. The zero-order valence-corrected chi connectivity index (χ0v) is 15.5. The Morgan fingerprint density at radius 1 is 0.950 bits per heavy atom. The number of hydrogen-bond acceptors (Lipinski definition) is 0. The first-order valence-electron chi connectivity index (χ1n) is 7.26. The molecule has 0 bridgehead atoms. The van der Waals surface area contributed by atoms with E-state index in [4.69, 9.17) is 0 Å². The Bertz CT molecular complexity index is 602. The van der Waals surface area contributed by atoms with Gasteiger partial charge in [0.05, 0.1) is 0 Å². The first kappa shape index (κ1) is 15.5. The SMILES string of the molecule is CC1=Cc2c(-c3ccccc3)cccc2[CH]1[Ti].C[SiH2]C. The van der Waals surface area contributed by atoms with E-state index < -0.39 is 0 Å². The van der Waals surface area contributed by atoms with Gasteiger partial charge in [-0.3, -0.25) is 0 Å².